The predicted octanol–water partition coefficient (Wildman–Crippen LogP) is 0.0539. The molecule has 0 radical (unpaired) electrons. The molecule has 3 rings (SSSR count). The molecule has 148 valence electrons. The summed E-state index contributed by atoms with van der Waals surface area (Å²) in [6.07, 6.45) is 1.49. The van der Waals surface area contributed by atoms with Crippen molar-refractivity contribution in [1.82, 2.24) is 24.2 Å². The number of morpholine rings is 1. The number of aryl methyl sites for hydroxylation is 3. The van der Waals surface area contributed by atoms with Crippen LogP contribution in [-0.2, 0) is 21.8 Å². The van der Waals surface area contributed by atoms with E-state index < -0.39 is 10.0 Å². The van der Waals surface area contributed by atoms with Crippen molar-refractivity contribution < 1.29 is 13.2 Å². The molecule has 0 saturated carbocycles. The quantitative estimate of drug-likeness (QED) is 0.633. The number of anilines is 2. The Morgan fingerprint density at radius 2 is 1.89 bits per heavy atom. The Hall–Kier alpha value is -2.24. The summed E-state index contributed by atoms with van der Waals surface area (Å²) in [6.45, 7) is 7.14. The summed E-state index contributed by atoms with van der Waals surface area (Å²) in [6, 6.07) is 1.87. The van der Waals surface area contributed by atoms with Gasteiger partial charge in [0.15, 0.2) is 5.03 Å². The second-order valence-electron chi connectivity index (χ2n) is 6.32. The van der Waals surface area contributed by atoms with Crippen molar-refractivity contribution in [3.05, 3.63) is 23.9 Å². The van der Waals surface area contributed by atoms with Crippen LogP contribution in [0, 0.1) is 13.8 Å². The highest BCUT2D eigenvalue weighted by molar-refractivity contribution is 7.89. The van der Waals surface area contributed by atoms with Crippen LogP contribution in [0.4, 0.5) is 11.6 Å². The van der Waals surface area contributed by atoms with Gasteiger partial charge in [0.25, 0.3) is 10.0 Å². The van der Waals surface area contributed by atoms with E-state index in [0.29, 0.717) is 37.2 Å². The molecule has 1 aliphatic rings. The number of nitrogens with zero attached hydrogens (tertiary/aromatic N) is 5. The van der Waals surface area contributed by atoms with Crippen molar-refractivity contribution in [2.75, 3.05) is 49.6 Å². The maximum atomic E-state index is 12.3. The van der Waals surface area contributed by atoms with Gasteiger partial charge in [-0.25, -0.2) is 28.1 Å². The van der Waals surface area contributed by atoms with Gasteiger partial charge < -0.3 is 19.5 Å². The fourth-order valence-corrected chi connectivity index (χ4v) is 3.77. The number of hydrogen-bond donors (Lipinski definition) is 2. The standard InChI is InChI=1S/C16H25N7O3S/c1-12-19-14(10-15(20-12)23-6-8-26-9-7-23)17-4-5-18-27(24,25)16-11-22(3)13(2)21-16/h10-11,18H,4-9H2,1-3H3,(H,17,19,20). The van der Waals surface area contributed by atoms with Crippen LogP contribution < -0.4 is 14.9 Å². The first-order chi connectivity index (χ1) is 12.8. The van der Waals surface area contributed by atoms with E-state index in [4.69, 9.17) is 4.74 Å². The van der Waals surface area contributed by atoms with Crippen LogP contribution in [0.5, 0.6) is 0 Å². The average molecular weight is 395 g/mol. The Balaban J connectivity index is 1.56. The van der Waals surface area contributed by atoms with Crippen LogP contribution in [0.1, 0.15) is 11.6 Å². The molecule has 0 spiro atoms. The number of sulfonamides is 1. The SMILES string of the molecule is Cc1nc(NCCNS(=O)(=O)c2cn(C)c(C)n2)cc(N2CCOCC2)n1. The molecular weight excluding hydrogens is 370 g/mol. The highest BCUT2D eigenvalue weighted by Crippen LogP contribution is 2.17. The first-order valence-electron chi connectivity index (χ1n) is 8.77. The van der Waals surface area contributed by atoms with Crippen molar-refractivity contribution in [2.24, 2.45) is 7.05 Å². The molecule has 2 N–H and O–H groups in total. The number of ether oxygens (including phenoxy) is 1. The number of aromatic nitrogens is 4. The van der Waals surface area contributed by atoms with Gasteiger partial charge >= 0.3 is 0 Å². The largest absolute Gasteiger partial charge is 0.378 e. The Bertz CT molecular complexity index is 872. The number of imidazole rings is 1. The van der Waals surface area contributed by atoms with Crippen LogP contribution in [0.15, 0.2) is 17.3 Å². The van der Waals surface area contributed by atoms with Gasteiger partial charge in [0, 0.05) is 45.5 Å². The molecule has 0 bridgehead atoms. The molecule has 3 heterocycles. The molecule has 0 amide bonds. The summed E-state index contributed by atoms with van der Waals surface area (Å²) in [7, 11) is -1.87. The summed E-state index contributed by atoms with van der Waals surface area (Å²) < 4.78 is 34.1. The van der Waals surface area contributed by atoms with Crippen LogP contribution in [0.3, 0.4) is 0 Å². The molecule has 1 saturated heterocycles. The molecule has 0 aromatic carbocycles. The van der Waals surface area contributed by atoms with Crippen molar-refractivity contribution in [2.45, 2.75) is 18.9 Å². The van der Waals surface area contributed by atoms with Crippen LogP contribution in [0.2, 0.25) is 0 Å². The molecular formula is C16H25N7O3S. The lowest BCUT2D eigenvalue weighted by molar-refractivity contribution is 0.122. The Morgan fingerprint density at radius 1 is 1.15 bits per heavy atom. The lowest BCUT2D eigenvalue weighted by atomic mass is 10.4. The van der Waals surface area contributed by atoms with Crippen LogP contribution in [-0.4, -0.2) is 67.3 Å². The monoisotopic (exact) mass is 395 g/mol. The third-order valence-electron chi connectivity index (χ3n) is 4.24. The molecule has 0 atom stereocenters. The van der Waals surface area contributed by atoms with E-state index in [1.165, 1.54) is 6.20 Å². The molecule has 10 nitrogen and oxygen atoms in total. The van der Waals surface area contributed by atoms with E-state index in [1.54, 1.807) is 18.5 Å². The fraction of sp³-hybridized carbons (Fsp3) is 0.562. The van der Waals surface area contributed by atoms with Gasteiger partial charge in [0.2, 0.25) is 0 Å². The zero-order valence-electron chi connectivity index (χ0n) is 15.8. The van der Waals surface area contributed by atoms with Gasteiger partial charge in [-0.1, -0.05) is 0 Å². The highest BCUT2D eigenvalue weighted by Gasteiger charge is 2.18. The minimum atomic E-state index is -3.63. The van der Waals surface area contributed by atoms with Gasteiger partial charge in [-0.15, -0.1) is 0 Å². The third kappa shape index (κ3) is 4.93. The molecule has 27 heavy (non-hydrogen) atoms. The number of hydrogen-bond acceptors (Lipinski definition) is 8. The normalized spacial score (nSPS) is 15.1. The zero-order valence-corrected chi connectivity index (χ0v) is 16.6. The van der Waals surface area contributed by atoms with Crippen molar-refractivity contribution in [3.63, 3.8) is 0 Å². The van der Waals surface area contributed by atoms with Gasteiger partial charge in [0.1, 0.15) is 23.3 Å². The summed E-state index contributed by atoms with van der Waals surface area (Å²) in [5, 5.41) is 3.17. The van der Waals surface area contributed by atoms with E-state index in [2.05, 4.69) is 29.9 Å². The van der Waals surface area contributed by atoms with Crippen LogP contribution >= 0.6 is 0 Å². The molecule has 1 fully saturated rings. The minimum absolute atomic E-state index is 0.0231. The summed E-state index contributed by atoms with van der Waals surface area (Å²) >= 11 is 0. The second kappa shape index (κ2) is 8.19. The van der Waals surface area contributed by atoms with Gasteiger partial charge in [-0.2, -0.15) is 0 Å². The average Bonchev–Trinajstić information content (AvgIpc) is 2.99. The van der Waals surface area contributed by atoms with Crippen molar-refractivity contribution >= 4 is 21.7 Å². The highest BCUT2D eigenvalue weighted by atomic mass is 32.2. The second-order valence-corrected chi connectivity index (χ2v) is 8.03. The van der Waals surface area contributed by atoms with Gasteiger partial charge in [0.05, 0.1) is 13.2 Å². The van der Waals surface area contributed by atoms with E-state index >= 15 is 0 Å². The first kappa shape index (κ1) is 19.5. The summed E-state index contributed by atoms with van der Waals surface area (Å²) in [5.41, 5.74) is 0. The van der Waals surface area contributed by atoms with E-state index in [-0.39, 0.29) is 11.6 Å². The van der Waals surface area contributed by atoms with E-state index in [0.717, 1.165) is 18.9 Å². The maximum absolute atomic E-state index is 12.3. The Labute approximate surface area is 159 Å². The first-order valence-corrected chi connectivity index (χ1v) is 10.3. The Morgan fingerprint density at radius 3 is 2.56 bits per heavy atom. The van der Waals surface area contributed by atoms with Crippen LogP contribution in [0.25, 0.3) is 0 Å². The lowest BCUT2D eigenvalue weighted by Crippen LogP contribution is -2.37. The molecule has 11 heteroatoms. The molecule has 0 unspecified atom stereocenters. The smallest absolute Gasteiger partial charge is 0.259 e. The van der Waals surface area contributed by atoms with Crippen molar-refractivity contribution in [3.8, 4) is 0 Å². The van der Waals surface area contributed by atoms with Crippen molar-refractivity contribution in [1.29, 1.82) is 0 Å². The molecule has 1 aliphatic heterocycles. The molecule has 2 aromatic rings. The van der Waals surface area contributed by atoms with E-state index in [1.807, 2.05) is 13.0 Å². The predicted molar refractivity (Wildman–Crippen MR) is 101 cm³/mol. The molecule has 0 aliphatic carbocycles. The minimum Gasteiger partial charge on any atom is -0.378 e. The third-order valence-corrected chi connectivity index (χ3v) is 5.58. The topological polar surface area (TPSA) is 114 Å². The van der Waals surface area contributed by atoms with Gasteiger partial charge in [-0.3, -0.25) is 0 Å². The van der Waals surface area contributed by atoms with Gasteiger partial charge in [-0.05, 0) is 13.8 Å². The summed E-state index contributed by atoms with van der Waals surface area (Å²) in [4.78, 5) is 15.0. The number of rotatable bonds is 7. The number of nitrogens with one attached hydrogen (secondary N) is 2. The zero-order chi connectivity index (χ0) is 19.4. The fourth-order valence-electron chi connectivity index (χ4n) is 2.70. The molecule has 2 aromatic heterocycles. The van der Waals surface area contributed by atoms with E-state index in [9.17, 15) is 8.42 Å². The lowest BCUT2D eigenvalue weighted by Gasteiger charge is -2.28. The Kier molecular flexibility index (Phi) is 5.92. The summed E-state index contributed by atoms with van der Waals surface area (Å²) in [5.74, 6) is 2.81. The maximum Gasteiger partial charge on any atom is 0.259 e.